The third kappa shape index (κ3) is 4.56. The van der Waals surface area contributed by atoms with Crippen LogP contribution in [0.3, 0.4) is 0 Å². The van der Waals surface area contributed by atoms with E-state index in [0.717, 1.165) is 23.1 Å². The second kappa shape index (κ2) is 7.59. The van der Waals surface area contributed by atoms with E-state index in [-0.39, 0.29) is 6.04 Å². The van der Waals surface area contributed by atoms with Crippen LogP contribution in [0.15, 0.2) is 46.9 Å². The first-order valence-corrected chi connectivity index (χ1v) is 7.75. The number of hydrazine groups is 1. The molecule has 21 heavy (non-hydrogen) atoms. The lowest BCUT2D eigenvalue weighted by Gasteiger charge is -2.17. The van der Waals surface area contributed by atoms with E-state index in [0.29, 0.717) is 0 Å². The normalized spacial score (nSPS) is 12.2. The summed E-state index contributed by atoms with van der Waals surface area (Å²) in [6.45, 7) is 2.11. The van der Waals surface area contributed by atoms with Crippen molar-refractivity contribution in [3.05, 3.63) is 63.6 Å². The number of rotatable bonds is 6. The fraction of sp³-hybridized carbons (Fsp3) is 0.294. The van der Waals surface area contributed by atoms with Crippen LogP contribution in [0.5, 0.6) is 5.75 Å². The number of hydrogen-bond donors (Lipinski definition) is 2. The Balaban J connectivity index is 2.07. The van der Waals surface area contributed by atoms with Gasteiger partial charge in [-0.15, -0.1) is 0 Å². The molecule has 4 heteroatoms. The summed E-state index contributed by atoms with van der Waals surface area (Å²) < 4.78 is 6.22. The SMILES string of the molecule is COc1ccc(CC(Cc2cccc(C)c2)NN)cc1Br. The van der Waals surface area contributed by atoms with Crippen LogP contribution in [-0.2, 0) is 12.8 Å². The van der Waals surface area contributed by atoms with E-state index in [9.17, 15) is 0 Å². The molecule has 0 aliphatic carbocycles. The quantitative estimate of drug-likeness (QED) is 0.621. The summed E-state index contributed by atoms with van der Waals surface area (Å²) in [5.41, 5.74) is 6.71. The van der Waals surface area contributed by atoms with E-state index in [4.69, 9.17) is 10.6 Å². The smallest absolute Gasteiger partial charge is 0.133 e. The van der Waals surface area contributed by atoms with Crippen molar-refractivity contribution in [1.82, 2.24) is 5.43 Å². The standard InChI is InChI=1S/C17H21BrN2O/c1-12-4-3-5-13(8-12)9-15(20-19)10-14-6-7-17(21-2)16(18)11-14/h3-8,11,15,20H,9-10,19H2,1-2H3. The summed E-state index contributed by atoms with van der Waals surface area (Å²) >= 11 is 3.52. The van der Waals surface area contributed by atoms with Gasteiger partial charge in [0.25, 0.3) is 0 Å². The van der Waals surface area contributed by atoms with E-state index in [1.807, 2.05) is 6.07 Å². The fourth-order valence-electron chi connectivity index (χ4n) is 2.44. The number of aryl methyl sites for hydroxylation is 1. The zero-order valence-electron chi connectivity index (χ0n) is 12.4. The van der Waals surface area contributed by atoms with Crippen LogP contribution in [-0.4, -0.2) is 13.2 Å². The summed E-state index contributed by atoms with van der Waals surface area (Å²) in [6.07, 6.45) is 1.77. The molecule has 0 aromatic heterocycles. The molecule has 0 heterocycles. The monoisotopic (exact) mass is 348 g/mol. The molecule has 0 aliphatic heterocycles. The Bertz CT molecular complexity index is 601. The lowest BCUT2D eigenvalue weighted by atomic mass is 9.98. The third-order valence-corrected chi connectivity index (χ3v) is 4.12. The molecule has 0 saturated carbocycles. The fourth-order valence-corrected chi connectivity index (χ4v) is 3.02. The maximum absolute atomic E-state index is 5.71. The predicted molar refractivity (Wildman–Crippen MR) is 90.4 cm³/mol. The van der Waals surface area contributed by atoms with Crippen molar-refractivity contribution >= 4 is 15.9 Å². The van der Waals surface area contributed by atoms with E-state index in [1.54, 1.807) is 7.11 Å². The molecule has 0 spiro atoms. The molecule has 3 nitrogen and oxygen atoms in total. The highest BCUT2D eigenvalue weighted by atomic mass is 79.9. The van der Waals surface area contributed by atoms with Crippen LogP contribution >= 0.6 is 15.9 Å². The van der Waals surface area contributed by atoms with Crippen molar-refractivity contribution in [3.63, 3.8) is 0 Å². The first-order chi connectivity index (χ1) is 10.1. The molecule has 2 aromatic rings. The molecule has 1 atom stereocenters. The molecule has 112 valence electrons. The van der Waals surface area contributed by atoms with E-state index < -0.39 is 0 Å². The van der Waals surface area contributed by atoms with E-state index in [2.05, 4.69) is 64.7 Å². The molecular formula is C17H21BrN2O. The molecule has 2 aromatic carbocycles. The summed E-state index contributed by atoms with van der Waals surface area (Å²) in [7, 11) is 1.67. The number of halogens is 1. The molecule has 2 rings (SSSR count). The summed E-state index contributed by atoms with van der Waals surface area (Å²) in [5, 5.41) is 0. The molecule has 0 fully saturated rings. The van der Waals surface area contributed by atoms with Gasteiger partial charge < -0.3 is 4.74 Å². The molecule has 0 bridgehead atoms. The summed E-state index contributed by atoms with van der Waals surface area (Å²) in [4.78, 5) is 0. The van der Waals surface area contributed by atoms with Crippen molar-refractivity contribution < 1.29 is 4.74 Å². The number of nitrogens with two attached hydrogens (primary N) is 1. The Morgan fingerprint density at radius 2 is 1.86 bits per heavy atom. The lowest BCUT2D eigenvalue weighted by Crippen LogP contribution is -2.38. The number of hydrogen-bond acceptors (Lipinski definition) is 3. The topological polar surface area (TPSA) is 47.3 Å². The Hall–Kier alpha value is -1.36. The van der Waals surface area contributed by atoms with Gasteiger partial charge in [-0.25, -0.2) is 0 Å². The van der Waals surface area contributed by atoms with Gasteiger partial charge in [-0.3, -0.25) is 11.3 Å². The second-order valence-corrected chi connectivity index (χ2v) is 6.08. The van der Waals surface area contributed by atoms with Crippen molar-refractivity contribution in [2.75, 3.05) is 7.11 Å². The summed E-state index contributed by atoms with van der Waals surface area (Å²) in [5.74, 6) is 6.56. The Labute approximate surface area is 134 Å². The van der Waals surface area contributed by atoms with Crippen molar-refractivity contribution in [3.8, 4) is 5.75 Å². The van der Waals surface area contributed by atoms with Crippen molar-refractivity contribution in [1.29, 1.82) is 0 Å². The molecular weight excluding hydrogens is 328 g/mol. The number of ether oxygens (including phenoxy) is 1. The maximum atomic E-state index is 5.71. The highest BCUT2D eigenvalue weighted by Crippen LogP contribution is 2.26. The lowest BCUT2D eigenvalue weighted by molar-refractivity contribution is 0.412. The molecule has 1 unspecified atom stereocenters. The van der Waals surface area contributed by atoms with Crippen molar-refractivity contribution in [2.24, 2.45) is 5.84 Å². The van der Waals surface area contributed by atoms with Gasteiger partial charge in [0.15, 0.2) is 0 Å². The minimum absolute atomic E-state index is 0.201. The molecule has 0 aliphatic rings. The van der Waals surface area contributed by atoms with Gasteiger partial charge in [0.1, 0.15) is 5.75 Å². The molecule has 3 N–H and O–H groups in total. The van der Waals surface area contributed by atoms with Gasteiger partial charge in [0.05, 0.1) is 11.6 Å². The zero-order valence-corrected chi connectivity index (χ0v) is 14.0. The highest BCUT2D eigenvalue weighted by molar-refractivity contribution is 9.10. The van der Waals surface area contributed by atoms with Crippen molar-refractivity contribution in [2.45, 2.75) is 25.8 Å². The Kier molecular flexibility index (Phi) is 5.79. The second-order valence-electron chi connectivity index (χ2n) is 5.23. The van der Waals surface area contributed by atoms with Crippen LogP contribution in [0, 0.1) is 6.92 Å². The van der Waals surface area contributed by atoms with Gasteiger partial charge in [-0.2, -0.15) is 0 Å². The van der Waals surface area contributed by atoms with Crippen LogP contribution in [0.2, 0.25) is 0 Å². The van der Waals surface area contributed by atoms with Crippen LogP contribution in [0.1, 0.15) is 16.7 Å². The first-order valence-electron chi connectivity index (χ1n) is 6.96. The highest BCUT2D eigenvalue weighted by Gasteiger charge is 2.10. The Morgan fingerprint density at radius 1 is 1.14 bits per heavy atom. The van der Waals surface area contributed by atoms with Crippen LogP contribution in [0.4, 0.5) is 0 Å². The molecule has 0 radical (unpaired) electrons. The van der Waals surface area contributed by atoms with Gasteiger partial charge in [-0.1, -0.05) is 35.9 Å². The van der Waals surface area contributed by atoms with Crippen LogP contribution in [0.25, 0.3) is 0 Å². The first kappa shape index (κ1) is 16.0. The molecule has 0 amide bonds. The largest absolute Gasteiger partial charge is 0.496 e. The minimum Gasteiger partial charge on any atom is -0.496 e. The minimum atomic E-state index is 0.201. The number of benzene rings is 2. The number of methoxy groups -OCH3 is 1. The van der Waals surface area contributed by atoms with E-state index in [1.165, 1.54) is 16.7 Å². The van der Waals surface area contributed by atoms with Gasteiger partial charge in [0, 0.05) is 6.04 Å². The predicted octanol–water partition coefficient (Wildman–Crippen LogP) is 3.38. The van der Waals surface area contributed by atoms with Crippen LogP contribution < -0.4 is 16.0 Å². The molecule has 0 saturated heterocycles. The maximum Gasteiger partial charge on any atom is 0.133 e. The van der Waals surface area contributed by atoms with E-state index >= 15 is 0 Å². The van der Waals surface area contributed by atoms with Gasteiger partial charge >= 0.3 is 0 Å². The summed E-state index contributed by atoms with van der Waals surface area (Å²) in [6, 6.07) is 14.9. The average Bonchev–Trinajstić information content (AvgIpc) is 2.47. The third-order valence-electron chi connectivity index (χ3n) is 3.50. The zero-order chi connectivity index (χ0) is 15.2. The van der Waals surface area contributed by atoms with Gasteiger partial charge in [0.2, 0.25) is 0 Å². The number of nitrogens with one attached hydrogen (secondary N) is 1. The average molecular weight is 349 g/mol. The Morgan fingerprint density at radius 3 is 2.43 bits per heavy atom. The van der Waals surface area contributed by atoms with Gasteiger partial charge in [-0.05, 0) is 59.0 Å².